The van der Waals surface area contributed by atoms with E-state index in [1.54, 1.807) is 4.52 Å². The summed E-state index contributed by atoms with van der Waals surface area (Å²) in [4.78, 5) is 7.35. The third kappa shape index (κ3) is 0.879. The SMILES string of the molecule is [C-]#[N+]c1c(C)c2c(N)ncnn2c1C. The molecule has 0 aliphatic carbocycles. The number of anilines is 1. The first-order valence-electron chi connectivity index (χ1n) is 4.12. The van der Waals surface area contributed by atoms with E-state index in [0.717, 1.165) is 16.8 Å². The zero-order valence-corrected chi connectivity index (χ0v) is 7.94. The van der Waals surface area contributed by atoms with Crippen LogP contribution in [-0.4, -0.2) is 14.6 Å². The number of aromatic nitrogens is 3. The zero-order chi connectivity index (χ0) is 10.3. The summed E-state index contributed by atoms with van der Waals surface area (Å²) in [6.45, 7) is 10.8. The molecule has 2 aromatic heterocycles. The molecule has 0 aliphatic rings. The molecule has 0 amide bonds. The van der Waals surface area contributed by atoms with E-state index in [1.807, 2.05) is 13.8 Å². The van der Waals surface area contributed by atoms with E-state index in [9.17, 15) is 0 Å². The summed E-state index contributed by atoms with van der Waals surface area (Å²) < 4.78 is 1.66. The normalized spacial score (nSPS) is 10.4. The minimum Gasteiger partial charge on any atom is -0.382 e. The van der Waals surface area contributed by atoms with Crippen LogP contribution in [-0.2, 0) is 0 Å². The van der Waals surface area contributed by atoms with Gasteiger partial charge in [-0.3, -0.25) is 0 Å². The largest absolute Gasteiger partial charge is 0.382 e. The molecule has 2 heterocycles. The molecule has 5 nitrogen and oxygen atoms in total. The van der Waals surface area contributed by atoms with Crippen LogP contribution >= 0.6 is 0 Å². The number of rotatable bonds is 0. The molecular formula is C9H9N5. The van der Waals surface area contributed by atoms with Gasteiger partial charge in [0.25, 0.3) is 0 Å². The van der Waals surface area contributed by atoms with Crippen molar-refractivity contribution in [3.63, 3.8) is 0 Å². The highest BCUT2D eigenvalue weighted by molar-refractivity contribution is 5.80. The zero-order valence-electron chi connectivity index (χ0n) is 7.94. The second-order valence-corrected chi connectivity index (χ2v) is 3.08. The van der Waals surface area contributed by atoms with Gasteiger partial charge in [-0.15, -0.1) is 0 Å². The molecule has 0 aromatic carbocycles. The van der Waals surface area contributed by atoms with Crippen molar-refractivity contribution in [3.8, 4) is 0 Å². The van der Waals surface area contributed by atoms with Crippen molar-refractivity contribution in [2.45, 2.75) is 13.8 Å². The third-order valence-corrected chi connectivity index (χ3v) is 2.30. The number of aryl methyl sites for hydroxylation is 2. The molecule has 0 unspecified atom stereocenters. The van der Waals surface area contributed by atoms with Crippen LogP contribution in [0.4, 0.5) is 11.5 Å². The molecule has 0 bridgehead atoms. The van der Waals surface area contributed by atoms with Gasteiger partial charge in [-0.05, 0) is 19.4 Å². The van der Waals surface area contributed by atoms with Gasteiger partial charge in [0, 0.05) is 5.69 Å². The van der Waals surface area contributed by atoms with Gasteiger partial charge in [-0.2, -0.15) is 5.10 Å². The van der Waals surface area contributed by atoms with E-state index in [2.05, 4.69) is 14.9 Å². The van der Waals surface area contributed by atoms with Crippen LogP contribution in [0.15, 0.2) is 6.33 Å². The molecular weight excluding hydrogens is 178 g/mol. The van der Waals surface area contributed by atoms with E-state index >= 15 is 0 Å². The number of hydrogen-bond donors (Lipinski definition) is 1. The van der Waals surface area contributed by atoms with Gasteiger partial charge in [0.15, 0.2) is 0 Å². The highest BCUT2D eigenvalue weighted by Crippen LogP contribution is 2.31. The van der Waals surface area contributed by atoms with Crippen LogP contribution in [0.25, 0.3) is 10.4 Å². The number of hydrogen-bond acceptors (Lipinski definition) is 3. The van der Waals surface area contributed by atoms with Crippen molar-refractivity contribution in [2.75, 3.05) is 5.73 Å². The molecule has 70 valence electrons. The Labute approximate surface area is 81.0 Å². The lowest BCUT2D eigenvalue weighted by Gasteiger charge is -1.98. The Morgan fingerprint density at radius 1 is 1.50 bits per heavy atom. The highest BCUT2D eigenvalue weighted by Gasteiger charge is 2.14. The predicted molar refractivity (Wildman–Crippen MR) is 53.1 cm³/mol. The molecule has 0 fully saturated rings. The molecule has 2 aromatic rings. The lowest BCUT2D eigenvalue weighted by atomic mass is 10.2. The van der Waals surface area contributed by atoms with Crippen LogP contribution in [0.3, 0.4) is 0 Å². The van der Waals surface area contributed by atoms with Crippen LogP contribution in [0, 0.1) is 20.4 Å². The van der Waals surface area contributed by atoms with Gasteiger partial charge in [-0.25, -0.2) is 14.3 Å². The molecule has 0 spiro atoms. The van der Waals surface area contributed by atoms with Crippen molar-refractivity contribution in [1.82, 2.24) is 14.6 Å². The van der Waals surface area contributed by atoms with Gasteiger partial charge >= 0.3 is 0 Å². The quantitative estimate of drug-likeness (QED) is 0.635. The maximum Gasteiger partial charge on any atom is 0.213 e. The minimum atomic E-state index is 0.413. The molecule has 0 saturated heterocycles. The maximum absolute atomic E-state index is 7.05. The maximum atomic E-state index is 7.05. The second kappa shape index (κ2) is 2.70. The fraction of sp³-hybridized carbons (Fsp3) is 0.222. The minimum absolute atomic E-state index is 0.413. The van der Waals surface area contributed by atoms with E-state index < -0.39 is 0 Å². The number of nitrogens with two attached hydrogens (primary N) is 1. The van der Waals surface area contributed by atoms with Crippen molar-refractivity contribution in [3.05, 3.63) is 29.0 Å². The molecule has 0 saturated carbocycles. The molecule has 14 heavy (non-hydrogen) atoms. The number of nitrogen functional groups attached to an aromatic ring is 1. The average molecular weight is 187 g/mol. The Balaban J connectivity index is 3.04. The fourth-order valence-electron chi connectivity index (χ4n) is 1.62. The Kier molecular flexibility index (Phi) is 1.64. The lowest BCUT2D eigenvalue weighted by molar-refractivity contribution is 0.876. The highest BCUT2D eigenvalue weighted by atomic mass is 15.3. The van der Waals surface area contributed by atoms with Crippen molar-refractivity contribution in [2.24, 2.45) is 0 Å². The molecule has 0 aliphatic heterocycles. The Bertz CT molecular complexity index is 546. The van der Waals surface area contributed by atoms with E-state index in [-0.39, 0.29) is 0 Å². The summed E-state index contributed by atoms with van der Waals surface area (Å²) in [5, 5.41) is 4.05. The summed E-state index contributed by atoms with van der Waals surface area (Å²) in [7, 11) is 0. The van der Waals surface area contributed by atoms with Crippen molar-refractivity contribution >= 4 is 17.0 Å². The van der Waals surface area contributed by atoms with Crippen LogP contribution < -0.4 is 5.73 Å². The predicted octanol–water partition coefficient (Wildman–Crippen LogP) is 1.48. The monoisotopic (exact) mass is 187 g/mol. The fourth-order valence-corrected chi connectivity index (χ4v) is 1.62. The summed E-state index contributed by atoms with van der Waals surface area (Å²) in [6, 6.07) is 0. The Morgan fingerprint density at radius 2 is 2.21 bits per heavy atom. The topological polar surface area (TPSA) is 60.6 Å². The first-order valence-corrected chi connectivity index (χ1v) is 4.12. The standard InChI is InChI=1S/C9H9N5/c1-5-7(11-3)6(2)14-8(5)9(10)12-4-13-14/h4H,1-2H3,(H2,10,12,13). The van der Waals surface area contributed by atoms with E-state index in [0.29, 0.717) is 11.5 Å². The van der Waals surface area contributed by atoms with E-state index in [4.69, 9.17) is 12.3 Å². The molecule has 5 heteroatoms. The van der Waals surface area contributed by atoms with Gasteiger partial charge in [0.1, 0.15) is 12.1 Å². The summed E-state index contributed by atoms with van der Waals surface area (Å²) in [5.41, 5.74) is 8.71. The van der Waals surface area contributed by atoms with Gasteiger partial charge in [0.2, 0.25) is 5.69 Å². The first-order chi connectivity index (χ1) is 6.66. The molecule has 0 radical (unpaired) electrons. The average Bonchev–Trinajstić information content (AvgIpc) is 2.41. The Hall–Kier alpha value is -2.09. The number of fused-ring (bicyclic) bond motifs is 1. The van der Waals surface area contributed by atoms with Crippen LogP contribution in [0.2, 0.25) is 0 Å². The van der Waals surface area contributed by atoms with Gasteiger partial charge in [0.05, 0.1) is 12.1 Å². The lowest BCUT2D eigenvalue weighted by Crippen LogP contribution is -2.00. The van der Waals surface area contributed by atoms with Crippen molar-refractivity contribution in [1.29, 1.82) is 0 Å². The summed E-state index contributed by atoms with van der Waals surface area (Å²) in [5.74, 6) is 0.413. The van der Waals surface area contributed by atoms with Gasteiger partial charge in [-0.1, -0.05) is 0 Å². The first kappa shape index (κ1) is 8.51. The van der Waals surface area contributed by atoms with Crippen LogP contribution in [0.1, 0.15) is 11.3 Å². The molecule has 2 rings (SSSR count). The number of nitrogens with zero attached hydrogens (tertiary/aromatic N) is 4. The molecule has 0 atom stereocenters. The summed E-state index contributed by atoms with van der Waals surface area (Å²) >= 11 is 0. The van der Waals surface area contributed by atoms with Gasteiger partial charge < -0.3 is 5.73 Å². The smallest absolute Gasteiger partial charge is 0.213 e. The Morgan fingerprint density at radius 3 is 2.79 bits per heavy atom. The second-order valence-electron chi connectivity index (χ2n) is 3.08. The van der Waals surface area contributed by atoms with Crippen LogP contribution in [0.5, 0.6) is 0 Å². The molecule has 2 N–H and O–H groups in total. The summed E-state index contributed by atoms with van der Waals surface area (Å²) in [6.07, 6.45) is 1.39. The van der Waals surface area contributed by atoms with E-state index in [1.165, 1.54) is 6.33 Å². The van der Waals surface area contributed by atoms with Crippen molar-refractivity contribution < 1.29 is 0 Å². The third-order valence-electron chi connectivity index (χ3n) is 2.30.